The normalized spacial score (nSPS) is 25.7. The SMILES string of the molecule is C[C@H]1CCC(c2ccccc2)S(=O)(=O)N1Cc1ccc(C2(C(=O)O)CCOCC2)cc1. The maximum absolute atomic E-state index is 13.4. The Hall–Kier alpha value is -2.22. The standard InChI is InChI=1S/C24H29NO5S/c1-18-7-12-22(20-5-3-2-4-6-20)31(28,29)25(18)17-19-8-10-21(11-9-19)24(23(26)27)13-15-30-16-14-24/h2-6,8-11,18,22H,7,12-17H2,1H3,(H,26,27)/t18-,22?/m0/s1. The van der Waals surface area contributed by atoms with Crippen LogP contribution in [0.5, 0.6) is 0 Å². The molecular weight excluding hydrogens is 414 g/mol. The molecule has 0 radical (unpaired) electrons. The molecule has 2 aliphatic heterocycles. The lowest BCUT2D eigenvalue weighted by Crippen LogP contribution is -2.44. The summed E-state index contributed by atoms with van der Waals surface area (Å²) in [5, 5.41) is 9.34. The molecule has 0 saturated carbocycles. The van der Waals surface area contributed by atoms with Gasteiger partial charge in [-0.15, -0.1) is 0 Å². The molecule has 0 aliphatic carbocycles. The van der Waals surface area contributed by atoms with Gasteiger partial charge < -0.3 is 9.84 Å². The molecule has 7 heteroatoms. The molecule has 2 fully saturated rings. The summed E-state index contributed by atoms with van der Waals surface area (Å²) in [7, 11) is -3.50. The van der Waals surface area contributed by atoms with Gasteiger partial charge in [-0.3, -0.25) is 4.79 Å². The average molecular weight is 444 g/mol. The number of hydrogen-bond acceptors (Lipinski definition) is 4. The van der Waals surface area contributed by atoms with Gasteiger partial charge in [-0.1, -0.05) is 54.6 Å². The third-order valence-corrected chi connectivity index (χ3v) is 9.17. The quantitative estimate of drug-likeness (QED) is 0.758. The van der Waals surface area contributed by atoms with Gasteiger partial charge in [0.1, 0.15) is 5.25 Å². The molecule has 0 amide bonds. The minimum atomic E-state index is -3.50. The number of aliphatic carboxylic acids is 1. The lowest BCUT2D eigenvalue weighted by molar-refractivity contribution is -0.147. The van der Waals surface area contributed by atoms with Gasteiger partial charge in [0.2, 0.25) is 10.0 Å². The third kappa shape index (κ3) is 4.14. The molecule has 0 aromatic heterocycles. The summed E-state index contributed by atoms with van der Waals surface area (Å²) in [5.74, 6) is -0.832. The highest BCUT2D eigenvalue weighted by molar-refractivity contribution is 7.89. The van der Waals surface area contributed by atoms with Crippen molar-refractivity contribution in [3.8, 4) is 0 Å². The van der Waals surface area contributed by atoms with Crippen molar-refractivity contribution in [3.05, 3.63) is 71.3 Å². The molecule has 2 heterocycles. The zero-order chi connectivity index (χ0) is 22.1. The molecule has 2 aromatic carbocycles. The number of ether oxygens (including phenoxy) is 1. The molecule has 2 aromatic rings. The molecule has 2 atom stereocenters. The van der Waals surface area contributed by atoms with Crippen molar-refractivity contribution >= 4 is 16.0 Å². The largest absolute Gasteiger partial charge is 0.481 e. The van der Waals surface area contributed by atoms with Crippen LogP contribution in [0.2, 0.25) is 0 Å². The number of sulfonamides is 1. The molecule has 1 unspecified atom stereocenters. The molecule has 166 valence electrons. The summed E-state index contributed by atoms with van der Waals surface area (Å²) in [6.45, 7) is 3.10. The van der Waals surface area contributed by atoms with E-state index < -0.39 is 26.7 Å². The van der Waals surface area contributed by atoms with Crippen LogP contribution in [0.3, 0.4) is 0 Å². The van der Waals surface area contributed by atoms with Crippen molar-refractivity contribution < 1.29 is 23.1 Å². The van der Waals surface area contributed by atoms with E-state index in [1.54, 1.807) is 4.31 Å². The number of carbonyl (C=O) groups is 1. The Bertz CT molecular complexity index is 1010. The van der Waals surface area contributed by atoms with E-state index in [-0.39, 0.29) is 12.6 Å². The molecule has 1 N–H and O–H groups in total. The number of carboxylic acids is 1. The average Bonchev–Trinajstić information content (AvgIpc) is 2.78. The Morgan fingerprint density at radius 1 is 1.06 bits per heavy atom. The summed E-state index contributed by atoms with van der Waals surface area (Å²) < 4.78 is 33.8. The maximum Gasteiger partial charge on any atom is 0.314 e. The number of rotatable bonds is 5. The highest BCUT2D eigenvalue weighted by Crippen LogP contribution is 2.39. The van der Waals surface area contributed by atoms with E-state index in [0.29, 0.717) is 32.5 Å². The van der Waals surface area contributed by atoms with E-state index in [9.17, 15) is 18.3 Å². The topological polar surface area (TPSA) is 83.9 Å². The van der Waals surface area contributed by atoms with E-state index in [2.05, 4.69) is 0 Å². The Labute approximate surface area is 183 Å². The van der Waals surface area contributed by atoms with Crippen LogP contribution in [0.1, 0.15) is 54.5 Å². The summed E-state index contributed by atoms with van der Waals surface area (Å²) >= 11 is 0. The van der Waals surface area contributed by atoms with Gasteiger partial charge in [0.05, 0.1) is 5.41 Å². The fourth-order valence-electron chi connectivity index (χ4n) is 4.81. The molecule has 2 aliphatic rings. The fraction of sp³-hybridized carbons (Fsp3) is 0.458. The van der Waals surface area contributed by atoms with Crippen molar-refractivity contribution in [2.24, 2.45) is 0 Å². The lowest BCUT2D eigenvalue weighted by Gasteiger charge is -2.37. The maximum atomic E-state index is 13.4. The summed E-state index contributed by atoms with van der Waals surface area (Å²) in [6.07, 6.45) is 2.31. The van der Waals surface area contributed by atoms with E-state index in [1.807, 2.05) is 61.5 Å². The summed E-state index contributed by atoms with van der Waals surface area (Å²) in [4.78, 5) is 12.0. The Morgan fingerprint density at radius 2 is 1.71 bits per heavy atom. The van der Waals surface area contributed by atoms with Crippen LogP contribution >= 0.6 is 0 Å². The molecule has 0 bridgehead atoms. The predicted octanol–water partition coefficient (Wildman–Crippen LogP) is 3.87. The van der Waals surface area contributed by atoms with Gasteiger partial charge in [-0.05, 0) is 49.3 Å². The van der Waals surface area contributed by atoms with Gasteiger partial charge in [0.25, 0.3) is 0 Å². The first-order valence-corrected chi connectivity index (χ1v) is 12.3. The first-order valence-electron chi connectivity index (χ1n) is 10.8. The zero-order valence-corrected chi connectivity index (χ0v) is 18.6. The summed E-state index contributed by atoms with van der Waals surface area (Å²) in [5.41, 5.74) is 1.52. The van der Waals surface area contributed by atoms with Gasteiger partial charge in [-0.25, -0.2) is 8.42 Å². The smallest absolute Gasteiger partial charge is 0.314 e. The monoisotopic (exact) mass is 443 g/mol. The van der Waals surface area contributed by atoms with Crippen molar-refractivity contribution in [2.75, 3.05) is 13.2 Å². The number of hydrogen-bond donors (Lipinski definition) is 1. The van der Waals surface area contributed by atoms with Crippen LogP contribution in [-0.4, -0.2) is 43.1 Å². The van der Waals surface area contributed by atoms with Crippen molar-refractivity contribution in [1.29, 1.82) is 0 Å². The highest BCUT2D eigenvalue weighted by atomic mass is 32.2. The number of nitrogens with zero attached hydrogens (tertiary/aromatic N) is 1. The Morgan fingerprint density at radius 3 is 2.32 bits per heavy atom. The van der Waals surface area contributed by atoms with E-state index in [1.165, 1.54) is 0 Å². The van der Waals surface area contributed by atoms with Crippen LogP contribution in [0.25, 0.3) is 0 Å². The predicted molar refractivity (Wildman–Crippen MR) is 118 cm³/mol. The Balaban J connectivity index is 1.57. The van der Waals surface area contributed by atoms with E-state index in [4.69, 9.17) is 4.74 Å². The molecule has 4 rings (SSSR count). The molecule has 6 nitrogen and oxygen atoms in total. The number of benzene rings is 2. The molecule has 2 saturated heterocycles. The van der Waals surface area contributed by atoms with Crippen LogP contribution in [-0.2, 0) is 31.5 Å². The fourth-order valence-corrected chi connectivity index (χ4v) is 7.00. The van der Waals surface area contributed by atoms with Gasteiger partial charge in [0.15, 0.2) is 0 Å². The minimum absolute atomic E-state index is 0.0782. The van der Waals surface area contributed by atoms with E-state index in [0.717, 1.165) is 23.1 Å². The highest BCUT2D eigenvalue weighted by Gasteiger charge is 2.42. The van der Waals surface area contributed by atoms with Gasteiger partial charge in [-0.2, -0.15) is 4.31 Å². The minimum Gasteiger partial charge on any atom is -0.481 e. The first-order chi connectivity index (χ1) is 14.8. The molecule has 0 spiro atoms. The zero-order valence-electron chi connectivity index (χ0n) is 17.7. The second kappa shape index (κ2) is 8.73. The van der Waals surface area contributed by atoms with Gasteiger partial charge >= 0.3 is 5.97 Å². The lowest BCUT2D eigenvalue weighted by atomic mass is 9.74. The second-order valence-electron chi connectivity index (χ2n) is 8.61. The van der Waals surface area contributed by atoms with Crippen LogP contribution < -0.4 is 0 Å². The van der Waals surface area contributed by atoms with Crippen molar-refractivity contribution in [3.63, 3.8) is 0 Å². The third-order valence-electron chi connectivity index (χ3n) is 6.80. The van der Waals surface area contributed by atoms with Crippen molar-refractivity contribution in [1.82, 2.24) is 4.31 Å². The number of carboxylic acid groups (broad SMARTS) is 1. The first kappa shape index (κ1) is 22.0. The van der Waals surface area contributed by atoms with Gasteiger partial charge in [0, 0.05) is 25.8 Å². The Kier molecular flexibility index (Phi) is 6.19. The van der Waals surface area contributed by atoms with E-state index >= 15 is 0 Å². The van der Waals surface area contributed by atoms with Crippen LogP contribution in [0.4, 0.5) is 0 Å². The summed E-state index contributed by atoms with van der Waals surface area (Å²) in [6, 6.07) is 16.7. The van der Waals surface area contributed by atoms with Crippen LogP contribution in [0, 0.1) is 0 Å². The van der Waals surface area contributed by atoms with Crippen LogP contribution in [0.15, 0.2) is 54.6 Å². The second-order valence-corrected chi connectivity index (χ2v) is 10.7. The molecular formula is C24H29NO5S. The molecule has 31 heavy (non-hydrogen) atoms. The van der Waals surface area contributed by atoms with Crippen molar-refractivity contribution in [2.45, 2.75) is 55.9 Å².